The molecule has 0 spiro atoms. The van der Waals surface area contributed by atoms with E-state index < -0.39 is 5.97 Å². The van der Waals surface area contributed by atoms with Crippen molar-refractivity contribution in [2.45, 2.75) is 19.4 Å². The summed E-state index contributed by atoms with van der Waals surface area (Å²) in [6.45, 7) is 0.232. The summed E-state index contributed by atoms with van der Waals surface area (Å²) in [6.07, 6.45) is 0.518. The minimum absolute atomic E-state index is 0.0917. The lowest BCUT2D eigenvalue weighted by Gasteiger charge is -2.02. The van der Waals surface area contributed by atoms with Crippen LogP contribution < -0.4 is 0 Å². The molecule has 0 atom stereocenters. The predicted molar refractivity (Wildman–Crippen MR) is 60.1 cm³/mol. The van der Waals surface area contributed by atoms with E-state index >= 15 is 0 Å². The van der Waals surface area contributed by atoms with Crippen LogP contribution in [0.5, 0.6) is 0 Å². The monoisotopic (exact) mass is 232 g/mol. The Balaban J connectivity index is 1.78. The molecule has 0 saturated heterocycles. The lowest BCUT2D eigenvalue weighted by molar-refractivity contribution is -0.144. The standard InChI is InChI=1S/C13H12O4/c14-12(7-10-6-11(10)13(15)16)17-8-9-4-2-1-3-5-9/h1-5H,6-8H2,(H,15,16). The number of ether oxygens (including phenoxy) is 1. The smallest absolute Gasteiger partial charge is 0.331 e. The number of rotatable bonds is 5. The zero-order valence-electron chi connectivity index (χ0n) is 9.18. The van der Waals surface area contributed by atoms with Crippen molar-refractivity contribution in [3.05, 3.63) is 47.0 Å². The van der Waals surface area contributed by atoms with Gasteiger partial charge in [0.2, 0.25) is 0 Å². The van der Waals surface area contributed by atoms with Crippen molar-refractivity contribution >= 4 is 11.9 Å². The van der Waals surface area contributed by atoms with E-state index in [2.05, 4.69) is 0 Å². The summed E-state index contributed by atoms with van der Waals surface area (Å²) < 4.78 is 5.04. The fraction of sp³-hybridized carbons (Fsp3) is 0.231. The van der Waals surface area contributed by atoms with E-state index in [9.17, 15) is 9.59 Å². The van der Waals surface area contributed by atoms with Crippen LogP contribution >= 0.6 is 0 Å². The molecule has 4 nitrogen and oxygen atoms in total. The molecule has 17 heavy (non-hydrogen) atoms. The van der Waals surface area contributed by atoms with Gasteiger partial charge in [-0.15, -0.1) is 0 Å². The summed E-state index contributed by atoms with van der Waals surface area (Å²) >= 11 is 0. The summed E-state index contributed by atoms with van der Waals surface area (Å²) in [5, 5.41) is 8.63. The molecule has 0 fully saturated rings. The highest BCUT2D eigenvalue weighted by Gasteiger charge is 2.29. The van der Waals surface area contributed by atoms with Gasteiger partial charge < -0.3 is 9.84 Å². The maximum absolute atomic E-state index is 11.4. The van der Waals surface area contributed by atoms with E-state index in [4.69, 9.17) is 9.84 Å². The zero-order chi connectivity index (χ0) is 12.3. The number of benzene rings is 1. The first-order valence-corrected chi connectivity index (χ1v) is 5.30. The van der Waals surface area contributed by atoms with Gasteiger partial charge in [-0.3, -0.25) is 4.79 Å². The van der Waals surface area contributed by atoms with Crippen LogP contribution in [-0.4, -0.2) is 17.0 Å². The number of carbonyl (C=O) groups is 2. The van der Waals surface area contributed by atoms with Crippen LogP contribution in [0.2, 0.25) is 0 Å². The van der Waals surface area contributed by atoms with Gasteiger partial charge in [-0.05, 0) is 11.1 Å². The molecule has 4 heteroatoms. The first-order valence-electron chi connectivity index (χ1n) is 5.30. The van der Waals surface area contributed by atoms with Crippen LogP contribution in [0, 0.1) is 0 Å². The Morgan fingerprint density at radius 1 is 1.24 bits per heavy atom. The number of carboxylic acids is 1. The third-order valence-corrected chi connectivity index (χ3v) is 2.55. The Morgan fingerprint density at radius 3 is 2.53 bits per heavy atom. The summed E-state index contributed by atoms with van der Waals surface area (Å²) in [5.74, 6) is -1.31. The van der Waals surface area contributed by atoms with Gasteiger partial charge in [0.25, 0.3) is 0 Å². The molecule has 1 N–H and O–H groups in total. The van der Waals surface area contributed by atoms with Crippen molar-refractivity contribution in [1.29, 1.82) is 0 Å². The second-order valence-corrected chi connectivity index (χ2v) is 3.89. The number of hydrogen-bond donors (Lipinski definition) is 1. The lowest BCUT2D eigenvalue weighted by atomic mass is 10.2. The highest BCUT2D eigenvalue weighted by molar-refractivity contribution is 5.95. The van der Waals surface area contributed by atoms with Gasteiger partial charge in [-0.25, -0.2) is 4.79 Å². The maximum Gasteiger partial charge on any atom is 0.331 e. The van der Waals surface area contributed by atoms with E-state index in [0.717, 1.165) is 5.56 Å². The highest BCUT2D eigenvalue weighted by Crippen LogP contribution is 2.33. The molecular formula is C13H12O4. The van der Waals surface area contributed by atoms with Gasteiger partial charge >= 0.3 is 11.9 Å². The number of esters is 1. The molecule has 1 aromatic carbocycles. The number of hydrogen-bond acceptors (Lipinski definition) is 3. The summed E-state index contributed by atoms with van der Waals surface area (Å²) in [5.41, 5.74) is 1.95. The number of carboxylic acid groups (broad SMARTS) is 1. The van der Waals surface area contributed by atoms with Gasteiger partial charge in [0.1, 0.15) is 6.61 Å². The lowest BCUT2D eigenvalue weighted by Crippen LogP contribution is -2.03. The molecule has 0 amide bonds. The van der Waals surface area contributed by atoms with Gasteiger partial charge in [0.15, 0.2) is 0 Å². The molecule has 0 radical (unpaired) electrons. The van der Waals surface area contributed by atoms with Crippen LogP contribution in [0.1, 0.15) is 18.4 Å². The second-order valence-electron chi connectivity index (χ2n) is 3.89. The summed E-state index contributed by atoms with van der Waals surface area (Å²) in [6, 6.07) is 9.36. The SMILES string of the molecule is O=C(CC1=C(C(=O)O)C1)OCc1ccccc1. The van der Waals surface area contributed by atoms with E-state index in [1.807, 2.05) is 30.3 Å². The topological polar surface area (TPSA) is 63.6 Å². The van der Waals surface area contributed by atoms with Gasteiger partial charge in [0.05, 0.1) is 6.42 Å². The van der Waals surface area contributed by atoms with Crippen molar-refractivity contribution in [3.8, 4) is 0 Å². The van der Waals surface area contributed by atoms with E-state index in [1.54, 1.807) is 0 Å². The Morgan fingerprint density at radius 2 is 1.94 bits per heavy atom. The Kier molecular flexibility index (Phi) is 3.23. The van der Waals surface area contributed by atoms with Crippen molar-refractivity contribution in [3.63, 3.8) is 0 Å². The molecule has 0 aliphatic heterocycles. The molecule has 1 aliphatic rings. The molecule has 0 unspecified atom stereocenters. The van der Waals surface area contributed by atoms with Crippen LogP contribution in [0.25, 0.3) is 0 Å². The van der Waals surface area contributed by atoms with Crippen LogP contribution in [0.3, 0.4) is 0 Å². The normalized spacial score (nSPS) is 13.4. The van der Waals surface area contributed by atoms with Crippen molar-refractivity contribution in [2.75, 3.05) is 0 Å². The maximum atomic E-state index is 11.4. The quantitative estimate of drug-likeness (QED) is 0.787. The summed E-state index contributed by atoms with van der Waals surface area (Å²) in [4.78, 5) is 21.9. The Labute approximate surface area is 98.5 Å². The molecule has 1 aliphatic carbocycles. The first kappa shape index (κ1) is 11.4. The molecule has 0 bridgehead atoms. The predicted octanol–water partition coefficient (Wildman–Crippen LogP) is 1.90. The van der Waals surface area contributed by atoms with Gasteiger partial charge in [0, 0.05) is 12.0 Å². The molecular weight excluding hydrogens is 220 g/mol. The Bertz CT molecular complexity index is 473. The molecule has 1 aromatic rings. The van der Waals surface area contributed by atoms with E-state index in [1.165, 1.54) is 0 Å². The average Bonchev–Trinajstić information content (AvgIpc) is 3.07. The average molecular weight is 232 g/mol. The first-order chi connectivity index (χ1) is 8.16. The van der Waals surface area contributed by atoms with Crippen molar-refractivity contribution in [1.82, 2.24) is 0 Å². The molecule has 0 aromatic heterocycles. The van der Waals surface area contributed by atoms with E-state index in [-0.39, 0.29) is 19.0 Å². The molecule has 88 valence electrons. The molecule has 2 rings (SSSR count). The molecule has 0 saturated carbocycles. The molecule has 0 heterocycles. The van der Waals surface area contributed by atoms with Crippen LogP contribution in [0.4, 0.5) is 0 Å². The van der Waals surface area contributed by atoms with Crippen molar-refractivity contribution in [2.24, 2.45) is 0 Å². The Hall–Kier alpha value is -2.10. The third kappa shape index (κ3) is 3.17. The summed E-state index contributed by atoms with van der Waals surface area (Å²) in [7, 11) is 0. The van der Waals surface area contributed by atoms with Crippen LogP contribution in [-0.2, 0) is 20.9 Å². The minimum Gasteiger partial charge on any atom is -0.478 e. The zero-order valence-corrected chi connectivity index (χ0v) is 9.18. The minimum atomic E-state index is -0.934. The number of aliphatic carboxylic acids is 1. The fourth-order valence-electron chi connectivity index (χ4n) is 1.53. The van der Waals surface area contributed by atoms with E-state index in [0.29, 0.717) is 17.6 Å². The van der Waals surface area contributed by atoms with Crippen molar-refractivity contribution < 1.29 is 19.4 Å². The van der Waals surface area contributed by atoms with Gasteiger partial charge in [-0.2, -0.15) is 0 Å². The second kappa shape index (κ2) is 4.82. The largest absolute Gasteiger partial charge is 0.478 e. The van der Waals surface area contributed by atoms with Crippen LogP contribution in [0.15, 0.2) is 41.5 Å². The van der Waals surface area contributed by atoms with Gasteiger partial charge in [-0.1, -0.05) is 30.3 Å². The fourth-order valence-corrected chi connectivity index (χ4v) is 1.53. The number of carbonyl (C=O) groups excluding carboxylic acids is 1. The third-order valence-electron chi connectivity index (χ3n) is 2.55. The highest BCUT2D eigenvalue weighted by atomic mass is 16.5.